The summed E-state index contributed by atoms with van der Waals surface area (Å²) in [5, 5.41) is 4.46. The fourth-order valence-corrected chi connectivity index (χ4v) is 4.10. The van der Waals surface area contributed by atoms with Gasteiger partial charge in [0.1, 0.15) is 12.1 Å². The molecule has 5 nitrogen and oxygen atoms in total. The molecule has 3 aromatic rings. The molecule has 0 radical (unpaired) electrons. The Morgan fingerprint density at radius 1 is 1.19 bits per heavy atom. The highest BCUT2D eigenvalue weighted by molar-refractivity contribution is 5.51. The van der Waals surface area contributed by atoms with Crippen LogP contribution in [-0.2, 0) is 6.42 Å². The minimum absolute atomic E-state index is 0.382. The number of benzene rings is 1. The molecular weight excluding hydrogens is 322 g/mol. The van der Waals surface area contributed by atoms with Crippen LogP contribution in [0.1, 0.15) is 61.0 Å². The molecule has 2 aromatic heterocycles. The monoisotopic (exact) mass is 349 g/mol. The molecule has 1 saturated heterocycles. The van der Waals surface area contributed by atoms with Crippen molar-refractivity contribution in [3.8, 4) is 0 Å². The Morgan fingerprint density at radius 2 is 2.08 bits per heavy atom. The van der Waals surface area contributed by atoms with Gasteiger partial charge in [0.2, 0.25) is 0 Å². The predicted molar refractivity (Wildman–Crippen MR) is 105 cm³/mol. The lowest BCUT2D eigenvalue weighted by Crippen LogP contribution is -2.35. The Bertz CT molecular complexity index is 914. The molecule has 0 saturated carbocycles. The number of anilines is 1. The van der Waals surface area contributed by atoms with Crippen molar-refractivity contribution in [2.45, 2.75) is 58.9 Å². The van der Waals surface area contributed by atoms with Crippen molar-refractivity contribution in [2.24, 2.45) is 0 Å². The van der Waals surface area contributed by atoms with E-state index in [1.54, 1.807) is 6.33 Å². The fraction of sp³-hybridized carbons (Fsp3) is 0.476. The maximum Gasteiger partial charge on any atom is 0.254 e. The summed E-state index contributed by atoms with van der Waals surface area (Å²) in [5.41, 5.74) is 5.31. The van der Waals surface area contributed by atoms with Crippen LogP contribution in [0.3, 0.4) is 0 Å². The molecule has 136 valence electrons. The second-order valence-corrected chi connectivity index (χ2v) is 7.32. The lowest BCUT2D eigenvalue weighted by molar-refractivity contribution is 0.464. The summed E-state index contributed by atoms with van der Waals surface area (Å²) < 4.78 is 1.91. The van der Waals surface area contributed by atoms with Gasteiger partial charge >= 0.3 is 0 Å². The smallest absolute Gasteiger partial charge is 0.254 e. The SMILES string of the molecule is CCCc1cc(N2CCCCC2c2cccc(C)c2C)n2ncnc2n1. The van der Waals surface area contributed by atoms with Crippen molar-refractivity contribution in [1.29, 1.82) is 0 Å². The molecule has 1 aliphatic heterocycles. The zero-order valence-corrected chi connectivity index (χ0v) is 15.9. The summed E-state index contributed by atoms with van der Waals surface area (Å²) in [4.78, 5) is 11.6. The van der Waals surface area contributed by atoms with Gasteiger partial charge in [0.25, 0.3) is 5.78 Å². The summed E-state index contributed by atoms with van der Waals surface area (Å²) in [5.74, 6) is 1.83. The van der Waals surface area contributed by atoms with Crippen molar-refractivity contribution < 1.29 is 0 Å². The molecule has 4 rings (SSSR count). The third-order valence-corrected chi connectivity index (χ3v) is 5.59. The van der Waals surface area contributed by atoms with Crippen LogP contribution in [0.5, 0.6) is 0 Å². The molecule has 0 bridgehead atoms. The first-order chi connectivity index (χ1) is 12.7. The van der Waals surface area contributed by atoms with Crippen molar-refractivity contribution >= 4 is 11.6 Å². The van der Waals surface area contributed by atoms with Crippen LogP contribution in [0.15, 0.2) is 30.6 Å². The second-order valence-electron chi connectivity index (χ2n) is 7.32. The van der Waals surface area contributed by atoms with E-state index in [-0.39, 0.29) is 0 Å². The Kier molecular flexibility index (Phi) is 4.62. The van der Waals surface area contributed by atoms with Crippen LogP contribution in [0.4, 0.5) is 5.82 Å². The highest BCUT2D eigenvalue weighted by Gasteiger charge is 2.28. The van der Waals surface area contributed by atoms with E-state index in [0.717, 1.165) is 30.9 Å². The van der Waals surface area contributed by atoms with E-state index in [4.69, 9.17) is 0 Å². The molecule has 1 fully saturated rings. The highest BCUT2D eigenvalue weighted by Crippen LogP contribution is 2.37. The molecule has 0 spiro atoms. The van der Waals surface area contributed by atoms with Crippen LogP contribution in [0.2, 0.25) is 0 Å². The summed E-state index contributed by atoms with van der Waals surface area (Å²) in [6.45, 7) is 7.68. The molecule has 0 aliphatic carbocycles. The molecule has 5 heteroatoms. The number of aromatic nitrogens is 4. The van der Waals surface area contributed by atoms with Gasteiger partial charge in [-0.3, -0.25) is 0 Å². The number of hydrogen-bond acceptors (Lipinski definition) is 4. The van der Waals surface area contributed by atoms with Crippen molar-refractivity contribution in [1.82, 2.24) is 19.6 Å². The largest absolute Gasteiger partial charge is 0.349 e. The lowest BCUT2D eigenvalue weighted by Gasteiger charge is -2.38. The van der Waals surface area contributed by atoms with E-state index < -0.39 is 0 Å². The van der Waals surface area contributed by atoms with E-state index >= 15 is 0 Å². The number of piperidine rings is 1. The van der Waals surface area contributed by atoms with Crippen LogP contribution in [-0.4, -0.2) is 26.1 Å². The first kappa shape index (κ1) is 17.0. The molecule has 1 aromatic carbocycles. The van der Waals surface area contributed by atoms with Crippen molar-refractivity contribution in [3.05, 3.63) is 53.0 Å². The van der Waals surface area contributed by atoms with Crippen LogP contribution in [0.25, 0.3) is 5.78 Å². The summed E-state index contributed by atoms with van der Waals surface area (Å²) in [6.07, 6.45) is 7.31. The van der Waals surface area contributed by atoms with Crippen LogP contribution in [0, 0.1) is 13.8 Å². The second kappa shape index (κ2) is 7.06. The molecule has 1 atom stereocenters. The van der Waals surface area contributed by atoms with Gasteiger partial charge in [-0.15, -0.1) is 0 Å². The van der Waals surface area contributed by atoms with Gasteiger partial charge in [0.15, 0.2) is 0 Å². The average Bonchev–Trinajstić information content (AvgIpc) is 3.12. The Morgan fingerprint density at radius 3 is 2.92 bits per heavy atom. The minimum Gasteiger partial charge on any atom is -0.349 e. The van der Waals surface area contributed by atoms with E-state index in [1.165, 1.54) is 36.0 Å². The van der Waals surface area contributed by atoms with E-state index in [1.807, 2.05) is 4.52 Å². The Labute approximate surface area is 155 Å². The number of nitrogens with zero attached hydrogens (tertiary/aromatic N) is 5. The molecule has 1 unspecified atom stereocenters. The minimum atomic E-state index is 0.382. The Balaban J connectivity index is 1.83. The zero-order chi connectivity index (χ0) is 18.1. The third kappa shape index (κ3) is 2.96. The quantitative estimate of drug-likeness (QED) is 0.699. The summed E-state index contributed by atoms with van der Waals surface area (Å²) in [7, 11) is 0. The van der Waals surface area contributed by atoms with Crippen molar-refractivity contribution in [3.63, 3.8) is 0 Å². The normalized spacial score (nSPS) is 17.8. The standard InChI is InChI=1S/C21H27N5/c1-4-8-17-13-20(26-21(24-17)22-14-23-26)25-12-6-5-11-19(25)18-10-7-9-15(2)16(18)3/h7,9-10,13-14,19H,4-6,8,11-12H2,1-3H3. The van der Waals surface area contributed by atoms with Gasteiger partial charge in [-0.25, -0.2) is 4.98 Å². The molecule has 1 aliphatic rings. The summed E-state index contributed by atoms with van der Waals surface area (Å²) in [6, 6.07) is 9.28. The molecular formula is C21H27N5. The third-order valence-electron chi connectivity index (χ3n) is 5.59. The topological polar surface area (TPSA) is 46.3 Å². The first-order valence-electron chi connectivity index (χ1n) is 9.71. The first-order valence-corrected chi connectivity index (χ1v) is 9.71. The van der Waals surface area contributed by atoms with Gasteiger partial charge in [0, 0.05) is 18.3 Å². The number of rotatable bonds is 4. The van der Waals surface area contributed by atoms with Gasteiger partial charge in [-0.05, 0) is 56.2 Å². The maximum atomic E-state index is 4.67. The summed E-state index contributed by atoms with van der Waals surface area (Å²) >= 11 is 0. The fourth-order valence-electron chi connectivity index (χ4n) is 4.10. The predicted octanol–water partition coefficient (Wildman–Crippen LogP) is 4.43. The highest BCUT2D eigenvalue weighted by atomic mass is 15.4. The van der Waals surface area contributed by atoms with Gasteiger partial charge in [-0.1, -0.05) is 31.5 Å². The maximum absolute atomic E-state index is 4.67. The zero-order valence-electron chi connectivity index (χ0n) is 15.9. The van der Waals surface area contributed by atoms with Gasteiger partial charge in [0.05, 0.1) is 6.04 Å². The number of aryl methyl sites for hydroxylation is 2. The average molecular weight is 349 g/mol. The Hall–Kier alpha value is -2.43. The van der Waals surface area contributed by atoms with Crippen LogP contribution >= 0.6 is 0 Å². The molecule has 0 amide bonds. The molecule has 0 N–H and O–H groups in total. The van der Waals surface area contributed by atoms with E-state index in [2.05, 4.69) is 65.0 Å². The number of fused-ring (bicyclic) bond motifs is 1. The van der Waals surface area contributed by atoms with Crippen LogP contribution < -0.4 is 4.90 Å². The molecule has 26 heavy (non-hydrogen) atoms. The molecule has 3 heterocycles. The van der Waals surface area contributed by atoms with E-state index in [9.17, 15) is 0 Å². The van der Waals surface area contributed by atoms with Crippen molar-refractivity contribution in [2.75, 3.05) is 11.4 Å². The van der Waals surface area contributed by atoms with Gasteiger partial charge in [-0.2, -0.15) is 14.6 Å². The number of hydrogen-bond donors (Lipinski definition) is 0. The van der Waals surface area contributed by atoms with E-state index in [0.29, 0.717) is 11.8 Å². The van der Waals surface area contributed by atoms with Gasteiger partial charge < -0.3 is 4.90 Å². The lowest BCUT2D eigenvalue weighted by atomic mass is 9.90.